The molecule has 1 aromatic carbocycles. The normalized spacial score (nSPS) is 30.5. The second-order valence-electron chi connectivity index (χ2n) is 9.30. The molecule has 4 saturated carbocycles. The molecule has 4 bridgehead atoms. The van der Waals surface area contributed by atoms with E-state index in [4.69, 9.17) is 4.52 Å². The summed E-state index contributed by atoms with van der Waals surface area (Å²) < 4.78 is 5.43. The molecule has 2 aromatic rings. The van der Waals surface area contributed by atoms with Crippen LogP contribution in [0.25, 0.3) is 0 Å². The first-order valence-corrected chi connectivity index (χ1v) is 11.5. The third-order valence-corrected chi connectivity index (χ3v) is 8.28. The van der Waals surface area contributed by atoms with Crippen LogP contribution in [0, 0.1) is 30.1 Å². The molecule has 4 aliphatic carbocycles. The van der Waals surface area contributed by atoms with Gasteiger partial charge in [-0.3, -0.25) is 4.79 Å². The van der Waals surface area contributed by atoms with E-state index in [2.05, 4.69) is 22.6 Å². The van der Waals surface area contributed by atoms with Crippen molar-refractivity contribution >= 4 is 17.7 Å². The Hall–Kier alpha value is -1.75. The molecule has 6 rings (SSSR count). The summed E-state index contributed by atoms with van der Waals surface area (Å²) in [5.41, 5.74) is 2.35. The molecular formula is C23H28N2O2S. The monoisotopic (exact) mass is 396 g/mol. The lowest BCUT2D eigenvalue weighted by molar-refractivity contribution is -0.0504. The molecule has 0 spiro atoms. The highest BCUT2D eigenvalue weighted by Crippen LogP contribution is 2.59. The van der Waals surface area contributed by atoms with Crippen molar-refractivity contribution in [3.8, 4) is 0 Å². The number of rotatable bonds is 6. The van der Waals surface area contributed by atoms with Gasteiger partial charge >= 0.3 is 0 Å². The van der Waals surface area contributed by atoms with Gasteiger partial charge < -0.3 is 9.84 Å². The lowest BCUT2D eigenvalue weighted by atomic mass is 9.49. The fourth-order valence-corrected chi connectivity index (χ4v) is 7.27. The minimum atomic E-state index is -0.105. The predicted molar refractivity (Wildman–Crippen MR) is 110 cm³/mol. The Bertz CT molecular complexity index is 825. The van der Waals surface area contributed by atoms with Crippen LogP contribution in [0.1, 0.15) is 60.3 Å². The van der Waals surface area contributed by atoms with Crippen molar-refractivity contribution in [1.29, 1.82) is 0 Å². The molecule has 1 heterocycles. The Kier molecular flexibility index (Phi) is 4.74. The van der Waals surface area contributed by atoms with Crippen LogP contribution in [0.2, 0.25) is 0 Å². The highest BCUT2D eigenvalue weighted by Gasteiger charge is 2.50. The van der Waals surface area contributed by atoms with Gasteiger partial charge in [-0.1, -0.05) is 35.5 Å². The highest BCUT2D eigenvalue weighted by molar-refractivity contribution is 7.98. The molecule has 5 heteroatoms. The fraction of sp³-hybridized carbons (Fsp3) is 0.565. The minimum absolute atomic E-state index is 0.105. The number of benzene rings is 1. The molecule has 4 aliphatic rings. The van der Waals surface area contributed by atoms with Crippen molar-refractivity contribution in [1.82, 2.24) is 10.5 Å². The van der Waals surface area contributed by atoms with Crippen LogP contribution in [-0.2, 0) is 5.75 Å². The van der Waals surface area contributed by atoms with Crippen molar-refractivity contribution in [2.75, 3.05) is 6.54 Å². The SMILES string of the molecule is Cc1noc(C(=O)NCC23CC4CC(CC(C4)C2)C3)c1SCc1ccccc1. The molecule has 0 unspecified atom stereocenters. The van der Waals surface area contributed by atoms with E-state index in [0.29, 0.717) is 11.2 Å². The second kappa shape index (κ2) is 7.25. The first-order chi connectivity index (χ1) is 13.6. The minimum Gasteiger partial charge on any atom is -0.350 e. The lowest BCUT2D eigenvalue weighted by Gasteiger charge is -2.56. The molecule has 4 nitrogen and oxygen atoms in total. The summed E-state index contributed by atoms with van der Waals surface area (Å²) in [6.45, 7) is 2.70. The first kappa shape index (κ1) is 18.3. The van der Waals surface area contributed by atoms with Crippen LogP contribution in [0.3, 0.4) is 0 Å². The second-order valence-corrected chi connectivity index (χ2v) is 10.3. The van der Waals surface area contributed by atoms with E-state index >= 15 is 0 Å². The zero-order valence-corrected chi connectivity index (χ0v) is 17.3. The first-order valence-electron chi connectivity index (χ1n) is 10.5. The number of nitrogens with one attached hydrogen (secondary N) is 1. The van der Waals surface area contributed by atoms with Gasteiger partial charge in [0, 0.05) is 12.3 Å². The van der Waals surface area contributed by atoms with Crippen molar-refractivity contribution in [2.45, 2.75) is 56.1 Å². The fourth-order valence-electron chi connectivity index (χ4n) is 6.26. The van der Waals surface area contributed by atoms with Gasteiger partial charge in [-0.2, -0.15) is 0 Å². The number of aryl methyl sites for hydroxylation is 1. The Morgan fingerprint density at radius 1 is 1.14 bits per heavy atom. The topological polar surface area (TPSA) is 55.1 Å². The van der Waals surface area contributed by atoms with Gasteiger partial charge in [0.1, 0.15) is 0 Å². The van der Waals surface area contributed by atoms with Gasteiger partial charge in [0.05, 0.1) is 10.6 Å². The van der Waals surface area contributed by atoms with Gasteiger partial charge in [0.15, 0.2) is 0 Å². The van der Waals surface area contributed by atoms with Crippen LogP contribution in [-0.4, -0.2) is 17.6 Å². The summed E-state index contributed by atoms with van der Waals surface area (Å²) in [5.74, 6) is 3.76. The number of carbonyl (C=O) groups is 1. The highest BCUT2D eigenvalue weighted by atomic mass is 32.2. The number of hydrogen-bond acceptors (Lipinski definition) is 4. The number of thioether (sulfide) groups is 1. The van der Waals surface area contributed by atoms with E-state index < -0.39 is 0 Å². The maximum absolute atomic E-state index is 12.9. The Morgan fingerprint density at radius 2 is 1.79 bits per heavy atom. The lowest BCUT2D eigenvalue weighted by Crippen LogP contribution is -2.51. The summed E-state index contributed by atoms with van der Waals surface area (Å²) in [7, 11) is 0. The van der Waals surface area contributed by atoms with E-state index in [-0.39, 0.29) is 5.91 Å². The molecule has 1 N–H and O–H groups in total. The number of amides is 1. The van der Waals surface area contributed by atoms with Crippen molar-refractivity contribution < 1.29 is 9.32 Å². The summed E-state index contributed by atoms with van der Waals surface area (Å²) in [6.07, 6.45) is 8.16. The predicted octanol–water partition coefficient (Wildman–Crippen LogP) is 5.22. The van der Waals surface area contributed by atoms with Crippen molar-refractivity contribution in [2.24, 2.45) is 23.2 Å². The summed E-state index contributed by atoms with van der Waals surface area (Å²) in [4.78, 5) is 13.8. The molecule has 0 aliphatic heterocycles. The van der Waals surface area contributed by atoms with E-state index in [1.54, 1.807) is 11.8 Å². The Morgan fingerprint density at radius 3 is 2.43 bits per heavy atom. The molecule has 0 atom stereocenters. The zero-order valence-electron chi connectivity index (χ0n) is 16.4. The van der Waals surface area contributed by atoms with E-state index in [1.165, 1.54) is 44.1 Å². The third-order valence-electron chi connectivity index (χ3n) is 7.03. The molecule has 1 aromatic heterocycles. The zero-order chi connectivity index (χ0) is 19.1. The maximum Gasteiger partial charge on any atom is 0.291 e. The molecule has 0 saturated heterocycles. The van der Waals surface area contributed by atoms with E-state index in [9.17, 15) is 4.79 Å². The Balaban J connectivity index is 1.25. The average molecular weight is 397 g/mol. The van der Waals surface area contributed by atoms with Gasteiger partial charge in [0.25, 0.3) is 5.91 Å². The quantitative estimate of drug-likeness (QED) is 0.680. The summed E-state index contributed by atoms with van der Waals surface area (Å²) >= 11 is 1.63. The van der Waals surface area contributed by atoms with Crippen LogP contribution >= 0.6 is 11.8 Å². The van der Waals surface area contributed by atoms with Gasteiger partial charge in [0.2, 0.25) is 5.76 Å². The number of carbonyl (C=O) groups excluding carboxylic acids is 1. The van der Waals surface area contributed by atoms with E-state index in [0.717, 1.165) is 40.6 Å². The maximum atomic E-state index is 12.9. The average Bonchev–Trinajstić information content (AvgIpc) is 3.05. The third kappa shape index (κ3) is 3.49. The van der Waals surface area contributed by atoms with Gasteiger partial charge in [-0.15, -0.1) is 11.8 Å². The molecule has 0 radical (unpaired) electrons. The molecular weight excluding hydrogens is 368 g/mol. The van der Waals surface area contributed by atoms with Crippen LogP contribution in [0.15, 0.2) is 39.8 Å². The summed E-state index contributed by atoms with van der Waals surface area (Å²) in [6, 6.07) is 10.3. The van der Waals surface area contributed by atoms with E-state index in [1.807, 2.05) is 25.1 Å². The van der Waals surface area contributed by atoms with Gasteiger partial charge in [-0.05, 0) is 74.2 Å². The number of aromatic nitrogens is 1. The van der Waals surface area contributed by atoms with Crippen LogP contribution < -0.4 is 5.32 Å². The standard InChI is InChI=1S/C23H28N2O2S/c1-15-21(28-13-16-5-3-2-4-6-16)20(27-25-15)22(26)24-14-23-10-17-7-18(11-23)9-19(8-17)12-23/h2-6,17-19H,7-14H2,1H3,(H,24,26). The number of nitrogens with zero attached hydrogens (tertiary/aromatic N) is 1. The van der Waals surface area contributed by atoms with Crippen molar-refractivity contribution in [3.05, 3.63) is 47.3 Å². The summed E-state index contributed by atoms with van der Waals surface area (Å²) in [5, 5.41) is 7.29. The van der Waals surface area contributed by atoms with Gasteiger partial charge in [-0.25, -0.2) is 0 Å². The molecule has 1 amide bonds. The smallest absolute Gasteiger partial charge is 0.291 e. The Labute approximate surface area is 170 Å². The molecule has 28 heavy (non-hydrogen) atoms. The van der Waals surface area contributed by atoms with Crippen molar-refractivity contribution in [3.63, 3.8) is 0 Å². The molecule has 148 valence electrons. The molecule has 4 fully saturated rings. The van der Waals surface area contributed by atoms with Crippen LogP contribution in [0.5, 0.6) is 0 Å². The van der Waals surface area contributed by atoms with Crippen LogP contribution in [0.4, 0.5) is 0 Å². The largest absolute Gasteiger partial charge is 0.350 e. The number of hydrogen-bond donors (Lipinski definition) is 1.